The minimum Gasteiger partial charge on any atom is -0.481 e. The smallest absolute Gasteiger partial charge is 0.308 e. The Labute approximate surface area is 109 Å². The molecule has 0 saturated heterocycles. The molecule has 2 N–H and O–H groups in total. The van der Waals surface area contributed by atoms with E-state index >= 15 is 0 Å². The van der Waals surface area contributed by atoms with Crippen LogP contribution in [0.2, 0.25) is 0 Å². The number of carboxylic acid groups (broad SMARTS) is 1. The van der Waals surface area contributed by atoms with Crippen LogP contribution in [0.5, 0.6) is 0 Å². The Bertz CT molecular complexity index is 413. The highest BCUT2D eigenvalue weighted by molar-refractivity contribution is 5.71. The van der Waals surface area contributed by atoms with E-state index in [4.69, 9.17) is 0 Å². The van der Waals surface area contributed by atoms with Gasteiger partial charge in [-0.05, 0) is 30.4 Å². The topological polar surface area (TPSA) is 49.3 Å². The normalized spacial score (nSPS) is 12.5. The molecule has 100 valence electrons. The summed E-state index contributed by atoms with van der Waals surface area (Å²) in [5, 5.41) is 12.5. The summed E-state index contributed by atoms with van der Waals surface area (Å²) in [5.41, 5.74) is 3.50. The van der Waals surface area contributed by atoms with Crippen LogP contribution in [0.4, 0.5) is 5.69 Å². The number of aliphatic carboxylic acids is 1. The maximum Gasteiger partial charge on any atom is 0.308 e. The van der Waals surface area contributed by atoms with Gasteiger partial charge in [0, 0.05) is 12.2 Å². The second-order valence-corrected chi connectivity index (χ2v) is 5.03. The first-order chi connectivity index (χ1) is 8.47. The number of aryl methyl sites for hydroxylation is 2. The first-order valence-corrected chi connectivity index (χ1v) is 6.52. The van der Waals surface area contributed by atoms with Gasteiger partial charge in [0.25, 0.3) is 0 Å². The van der Waals surface area contributed by atoms with Crippen LogP contribution in [0.25, 0.3) is 0 Å². The molecule has 0 radical (unpaired) electrons. The highest BCUT2D eigenvalue weighted by Crippen LogP contribution is 2.22. The minimum atomic E-state index is -0.732. The molecule has 3 nitrogen and oxygen atoms in total. The van der Waals surface area contributed by atoms with E-state index in [1.54, 1.807) is 0 Å². The molecule has 0 aliphatic rings. The molecule has 3 heteroatoms. The van der Waals surface area contributed by atoms with Gasteiger partial charge in [0.1, 0.15) is 0 Å². The van der Waals surface area contributed by atoms with Gasteiger partial charge in [0.2, 0.25) is 0 Å². The molecule has 0 amide bonds. The molecule has 0 fully saturated rings. The number of para-hydroxylation sites is 1. The third-order valence-electron chi connectivity index (χ3n) is 3.36. The third-order valence-corrected chi connectivity index (χ3v) is 3.36. The monoisotopic (exact) mass is 249 g/mol. The van der Waals surface area contributed by atoms with Gasteiger partial charge < -0.3 is 10.4 Å². The van der Waals surface area contributed by atoms with E-state index in [2.05, 4.69) is 18.3 Å². The van der Waals surface area contributed by atoms with E-state index in [0.29, 0.717) is 6.54 Å². The second-order valence-electron chi connectivity index (χ2n) is 5.03. The molecule has 1 atom stereocenters. The largest absolute Gasteiger partial charge is 0.481 e. The molecule has 0 aromatic heterocycles. The van der Waals surface area contributed by atoms with Crippen LogP contribution in [-0.4, -0.2) is 17.6 Å². The fourth-order valence-corrected chi connectivity index (χ4v) is 2.10. The van der Waals surface area contributed by atoms with Crippen molar-refractivity contribution in [1.29, 1.82) is 0 Å². The van der Waals surface area contributed by atoms with Crippen LogP contribution in [0.3, 0.4) is 0 Å². The minimum absolute atomic E-state index is 0.129. The number of anilines is 1. The summed E-state index contributed by atoms with van der Waals surface area (Å²) in [5.74, 6) is -0.956. The Morgan fingerprint density at radius 2 is 2.06 bits per heavy atom. The van der Waals surface area contributed by atoms with Gasteiger partial charge in [-0.15, -0.1) is 0 Å². The standard InChI is InChI=1S/C15H23NO2/c1-5-12-8-6-7-11(4)14(12)16-9-13(10(2)3)15(17)18/h6-8,10,13,16H,5,9H2,1-4H3,(H,17,18). The van der Waals surface area contributed by atoms with E-state index in [9.17, 15) is 9.90 Å². The lowest BCUT2D eigenvalue weighted by Crippen LogP contribution is -2.28. The summed E-state index contributed by atoms with van der Waals surface area (Å²) in [7, 11) is 0. The molecule has 0 bridgehead atoms. The van der Waals surface area contributed by atoms with Crippen molar-refractivity contribution in [3.8, 4) is 0 Å². The molecule has 0 heterocycles. The highest BCUT2D eigenvalue weighted by atomic mass is 16.4. The van der Waals surface area contributed by atoms with Crippen molar-refractivity contribution >= 4 is 11.7 Å². The molecule has 1 aromatic rings. The Kier molecular flexibility index (Phi) is 5.20. The molecule has 1 unspecified atom stereocenters. The van der Waals surface area contributed by atoms with E-state index < -0.39 is 5.97 Å². The van der Waals surface area contributed by atoms with Crippen LogP contribution in [-0.2, 0) is 11.2 Å². The predicted octanol–water partition coefficient (Wildman–Crippen LogP) is 3.33. The molecule has 0 saturated carbocycles. The van der Waals surface area contributed by atoms with Crippen LogP contribution in [0, 0.1) is 18.8 Å². The van der Waals surface area contributed by atoms with Crippen LogP contribution in [0.1, 0.15) is 31.9 Å². The predicted molar refractivity (Wildman–Crippen MR) is 75.0 cm³/mol. The number of hydrogen-bond acceptors (Lipinski definition) is 2. The van der Waals surface area contributed by atoms with Crippen molar-refractivity contribution in [2.45, 2.75) is 34.1 Å². The van der Waals surface area contributed by atoms with Crippen molar-refractivity contribution < 1.29 is 9.90 Å². The summed E-state index contributed by atoms with van der Waals surface area (Å²) in [4.78, 5) is 11.2. The average Bonchev–Trinajstić information content (AvgIpc) is 2.30. The zero-order valence-electron chi connectivity index (χ0n) is 11.7. The van der Waals surface area contributed by atoms with Gasteiger partial charge in [-0.1, -0.05) is 39.0 Å². The molecular weight excluding hydrogens is 226 g/mol. The van der Waals surface area contributed by atoms with Gasteiger partial charge in [-0.25, -0.2) is 0 Å². The molecule has 0 spiro atoms. The van der Waals surface area contributed by atoms with Crippen molar-refractivity contribution in [3.05, 3.63) is 29.3 Å². The molecule has 1 rings (SSSR count). The number of rotatable bonds is 6. The van der Waals surface area contributed by atoms with Crippen molar-refractivity contribution in [2.75, 3.05) is 11.9 Å². The number of carboxylic acids is 1. The first-order valence-electron chi connectivity index (χ1n) is 6.52. The van der Waals surface area contributed by atoms with Crippen molar-refractivity contribution in [3.63, 3.8) is 0 Å². The van der Waals surface area contributed by atoms with E-state index in [1.807, 2.05) is 32.9 Å². The van der Waals surface area contributed by atoms with E-state index in [1.165, 1.54) is 11.1 Å². The summed E-state index contributed by atoms with van der Waals surface area (Å²) in [6.45, 7) is 8.52. The summed E-state index contributed by atoms with van der Waals surface area (Å²) in [6, 6.07) is 6.17. The van der Waals surface area contributed by atoms with E-state index in [-0.39, 0.29) is 11.8 Å². The Hall–Kier alpha value is -1.51. The molecular formula is C15H23NO2. The quantitative estimate of drug-likeness (QED) is 0.813. The molecule has 1 aromatic carbocycles. The number of carbonyl (C=O) groups is 1. The van der Waals surface area contributed by atoms with Crippen LogP contribution >= 0.6 is 0 Å². The average molecular weight is 249 g/mol. The Morgan fingerprint density at radius 3 is 2.56 bits per heavy atom. The summed E-state index contributed by atoms with van der Waals surface area (Å²) in [6.07, 6.45) is 0.948. The van der Waals surface area contributed by atoms with Gasteiger partial charge in [0.15, 0.2) is 0 Å². The number of hydrogen-bond donors (Lipinski definition) is 2. The fraction of sp³-hybridized carbons (Fsp3) is 0.533. The summed E-state index contributed by atoms with van der Waals surface area (Å²) >= 11 is 0. The summed E-state index contributed by atoms with van der Waals surface area (Å²) < 4.78 is 0. The zero-order valence-corrected chi connectivity index (χ0v) is 11.7. The molecule has 0 aliphatic carbocycles. The van der Waals surface area contributed by atoms with Crippen molar-refractivity contribution in [1.82, 2.24) is 0 Å². The SMILES string of the molecule is CCc1cccc(C)c1NCC(C(=O)O)C(C)C. The Balaban J connectivity index is 2.82. The van der Waals surface area contributed by atoms with Gasteiger partial charge in [0.05, 0.1) is 5.92 Å². The first kappa shape index (κ1) is 14.6. The maximum absolute atomic E-state index is 11.2. The van der Waals surface area contributed by atoms with Gasteiger partial charge in [-0.2, -0.15) is 0 Å². The third kappa shape index (κ3) is 3.49. The number of nitrogens with one attached hydrogen (secondary N) is 1. The maximum atomic E-state index is 11.2. The molecule has 0 aliphatic heterocycles. The highest BCUT2D eigenvalue weighted by Gasteiger charge is 2.21. The fourth-order valence-electron chi connectivity index (χ4n) is 2.10. The van der Waals surface area contributed by atoms with Crippen LogP contribution < -0.4 is 5.32 Å². The second kappa shape index (κ2) is 6.43. The molecule has 18 heavy (non-hydrogen) atoms. The van der Waals surface area contributed by atoms with Gasteiger partial charge >= 0.3 is 5.97 Å². The lowest BCUT2D eigenvalue weighted by atomic mass is 9.95. The van der Waals surface area contributed by atoms with Crippen LogP contribution in [0.15, 0.2) is 18.2 Å². The van der Waals surface area contributed by atoms with E-state index in [0.717, 1.165) is 12.1 Å². The zero-order chi connectivity index (χ0) is 13.7. The Morgan fingerprint density at radius 1 is 1.39 bits per heavy atom. The lowest BCUT2D eigenvalue weighted by molar-refractivity contribution is -0.142. The van der Waals surface area contributed by atoms with Gasteiger partial charge in [-0.3, -0.25) is 4.79 Å². The lowest BCUT2D eigenvalue weighted by Gasteiger charge is -2.20. The number of benzene rings is 1. The van der Waals surface area contributed by atoms with Crippen molar-refractivity contribution in [2.24, 2.45) is 11.8 Å².